The van der Waals surface area contributed by atoms with Crippen LogP contribution in [0.2, 0.25) is 0 Å². The number of carbonyl (C=O) groups excluding carboxylic acids is 1. The topological polar surface area (TPSA) is 49.8 Å². The smallest absolute Gasteiger partial charge is 0.343 e. The van der Waals surface area contributed by atoms with Gasteiger partial charge in [0.15, 0.2) is 0 Å². The predicted molar refractivity (Wildman–Crippen MR) is 138 cm³/mol. The third kappa shape index (κ3) is 6.34. The summed E-state index contributed by atoms with van der Waals surface area (Å²) < 4.78 is 5.98. The molecule has 180 valence electrons. The second-order valence-electron chi connectivity index (χ2n) is 9.41. The largest absolute Gasteiger partial charge is 0.423 e. The SMILES string of the molecule is Cc1ccccc1C(=O)Oc1ccc(CO)cc1C(CCN(C(C)C)C(C)C)c1ccccc1. The molecule has 0 aliphatic heterocycles. The molecule has 0 saturated heterocycles. The van der Waals surface area contributed by atoms with Crippen LogP contribution in [0.15, 0.2) is 72.8 Å². The van der Waals surface area contributed by atoms with E-state index in [0.29, 0.717) is 23.4 Å². The Morgan fingerprint density at radius 3 is 2.18 bits per heavy atom. The maximum atomic E-state index is 13.1. The quantitative estimate of drug-likeness (QED) is 0.284. The van der Waals surface area contributed by atoms with Gasteiger partial charge in [-0.1, -0.05) is 54.6 Å². The van der Waals surface area contributed by atoms with E-state index in [1.165, 1.54) is 5.56 Å². The average molecular weight is 460 g/mol. The molecule has 0 amide bonds. The highest BCUT2D eigenvalue weighted by molar-refractivity contribution is 5.92. The molecule has 0 saturated carbocycles. The third-order valence-electron chi connectivity index (χ3n) is 6.40. The second-order valence-corrected chi connectivity index (χ2v) is 9.41. The summed E-state index contributed by atoms with van der Waals surface area (Å²) in [5, 5.41) is 9.85. The number of esters is 1. The van der Waals surface area contributed by atoms with E-state index >= 15 is 0 Å². The van der Waals surface area contributed by atoms with Crippen LogP contribution in [0.25, 0.3) is 0 Å². The molecule has 1 N–H and O–H groups in total. The summed E-state index contributed by atoms with van der Waals surface area (Å²) in [5.74, 6) is 0.196. The summed E-state index contributed by atoms with van der Waals surface area (Å²) in [6, 6.07) is 24.3. The summed E-state index contributed by atoms with van der Waals surface area (Å²) in [7, 11) is 0. The molecular formula is C30H37NO3. The first-order valence-electron chi connectivity index (χ1n) is 12.1. The van der Waals surface area contributed by atoms with Crippen molar-refractivity contribution in [3.63, 3.8) is 0 Å². The molecule has 34 heavy (non-hydrogen) atoms. The van der Waals surface area contributed by atoms with Gasteiger partial charge in [0.2, 0.25) is 0 Å². The Morgan fingerprint density at radius 1 is 0.912 bits per heavy atom. The number of nitrogens with zero attached hydrogens (tertiary/aromatic N) is 1. The molecule has 0 radical (unpaired) electrons. The van der Waals surface area contributed by atoms with Crippen LogP contribution in [-0.2, 0) is 6.61 Å². The van der Waals surface area contributed by atoms with Crippen LogP contribution < -0.4 is 4.74 Å². The van der Waals surface area contributed by atoms with Gasteiger partial charge >= 0.3 is 5.97 Å². The van der Waals surface area contributed by atoms with Crippen molar-refractivity contribution in [1.82, 2.24) is 4.90 Å². The third-order valence-corrected chi connectivity index (χ3v) is 6.40. The van der Waals surface area contributed by atoms with E-state index in [4.69, 9.17) is 4.74 Å². The summed E-state index contributed by atoms with van der Waals surface area (Å²) >= 11 is 0. The van der Waals surface area contributed by atoms with Crippen molar-refractivity contribution in [3.8, 4) is 5.75 Å². The van der Waals surface area contributed by atoms with Crippen molar-refractivity contribution in [2.75, 3.05) is 6.54 Å². The first-order chi connectivity index (χ1) is 16.3. The van der Waals surface area contributed by atoms with Gasteiger partial charge in [0.25, 0.3) is 0 Å². The molecule has 0 heterocycles. The van der Waals surface area contributed by atoms with Crippen LogP contribution in [-0.4, -0.2) is 34.6 Å². The monoisotopic (exact) mass is 459 g/mol. The van der Waals surface area contributed by atoms with Gasteiger partial charge in [-0.25, -0.2) is 4.79 Å². The minimum absolute atomic E-state index is 0.0207. The van der Waals surface area contributed by atoms with Crippen LogP contribution in [0.4, 0.5) is 0 Å². The van der Waals surface area contributed by atoms with Crippen molar-refractivity contribution in [3.05, 3.63) is 101 Å². The molecule has 1 unspecified atom stereocenters. The Balaban J connectivity index is 2.02. The Kier molecular flexibility index (Phi) is 9.03. The number of rotatable bonds is 10. The van der Waals surface area contributed by atoms with Gasteiger partial charge in [-0.3, -0.25) is 4.90 Å². The molecule has 4 heteroatoms. The number of benzene rings is 3. The lowest BCUT2D eigenvalue weighted by Gasteiger charge is -2.32. The lowest BCUT2D eigenvalue weighted by atomic mass is 9.86. The summed E-state index contributed by atoms with van der Waals surface area (Å²) in [6.45, 7) is 11.6. The van der Waals surface area contributed by atoms with Gasteiger partial charge in [0.05, 0.1) is 12.2 Å². The van der Waals surface area contributed by atoms with Crippen LogP contribution in [0.5, 0.6) is 5.75 Å². The van der Waals surface area contributed by atoms with Crippen LogP contribution >= 0.6 is 0 Å². The fraction of sp³-hybridized carbons (Fsp3) is 0.367. The Bertz CT molecular complexity index is 1070. The predicted octanol–water partition coefficient (Wildman–Crippen LogP) is 6.35. The van der Waals surface area contributed by atoms with Gasteiger partial charge in [-0.2, -0.15) is 0 Å². The fourth-order valence-electron chi connectivity index (χ4n) is 4.60. The van der Waals surface area contributed by atoms with E-state index in [2.05, 4.69) is 44.7 Å². The van der Waals surface area contributed by atoms with Crippen molar-refractivity contribution in [2.24, 2.45) is 0 Å². The Hall–Kier alpha value is -2.95. The van der Waals surface area contributed by atoms with Gasteiger partial charge in [-0.15, -0.1) is 0 Å². The molecule has 0 aliphatic carbocycles. The highest BCUT2D eigenvalue weighted by Crippen LogP contribution is 2.36. The molecule has 4 nitrogen and oxygen atoms in total. The minimum atomic E-state index is -0.367. The van der Waals surface area contributed by atoms with E-state index in [1.54, 1.807) is 6.07 Å². The van der Waals surface area contributed by atoms with Gasteiger partial charge < -0.3 is 9.84 Å². The molecule has 0 aromatic heterocycles. The highest BCUT2D eigenvalue weighted by Gasteiger charge is 2.24. The van der Waals surface area contributed by atoms with Crippen LogP contribution in [0, 0.1) is 6.92 Å². The van der Waals surface area contributed by atoms with E-state index in [-0.39, 0.29) is 18.5 Å². The maximum absolute atomic E-state index is 13.1. The van der Waals surface area contributed by atoms with Gasteiger partial charge in [0, 0.05) is 23.6 Å². The normalized spacial score (nSPS) is 12.4. The number of hydrogen-bond acceptors (Lipinski definition) is 4. The number of hydrogen-bond donors (Lipinski definition) is 1. The summed E-state index contributed by atoms with van der Waals surface area (Å²) in [5.41, 5.74) is 4.33. The minimum Gasteiger partial charge on any atom is -0.423 e. The molecule has 3 aromatic carbocycles. The zero-order chi connectivity index (χ0) is 24.7. The summed E-state index contributed by atoms with van der Waals surface area (Å²) in [4.78, 5) is 15.5. The Labute approximate surface area is 204 Å². The zero-order valence-electron chi connectivity index (χ0n) is 21.0. The van der Waals surface area contributed by atoms with Crippen LogP contribution in [0.3, 0.4) is 0 Å². The molecule has 0 aliphatic rings. The fourth-order valence-corrected chi connectivity index (χ4v) is 4.60. The number of aliphatic hydroxyl groups excluding tert-OH is 1. The van der Waals surface area contributed by atoms with Gasteiger partial charge in [0.1, 0.15) is 5.75 Å². The van der Waals surface area contributed by atoms with E-state index in [0.717, 1.165) is 29.7 Å². The number of aryl methyl sites for hydroxylation is 1. The molecule has 3 rings (SSSR count). The molecular weight excluding hydrogens is 422 g/mol. The molecule has 0 fully saturated rings. The molecule has 1 atom stereocenters. The van der Waals surface area contributed by atoms with E-state index in [9.17, 15) is 9.90 Å². The van der Waals surface area contributed by atoms with Crippen molar-refractivity contribution in [2.45, 2.75) is 65.6 Å². The standard InChI is InChI=1S/C30H37NO3/c1-21(2)31(22(3)4)18-17-27(25-12-7-6-8-13-25)28-19-24(20-32)15-16-29(28)34-30(33)26-14-10-9-11-23(26)5/h6-16,19,21-22,27,32H,17-18,20H2,1-5H3. The molecule has 3 aromatic rings. The van der Waals surface area contributed by atoms with E-state index in [1.807, 2.05) is 61.5 Å². The lowest BCUT2D eigenvalue weighted by molar-refractivity contribution is 0.0731. The maximum Gasteiger partial charge on any atom is 0.343 e. The van der Waals surface area contributed by atoms with Crippen molar-refractivity contribution in [1.29, 1.82) is 0 Å². The first kappa shape index (κ1) is 25.7. The number of ether oxygens (including phenoxy) is 1. The number of carbonyl (C=O) groups is 1. The van der Waals surface area contributed by atoms with Crippen molar-refractivity contribution >= 4 is 5.97 Å². The number of aliphatic hydroxyl groups is 1. The van der Waals surface area contributed by atoms with Gasteiger partial charge in [-0.05, 0) is 82.5 Å². The molecule has 0 spiro atoms. The second kappa shape index (κ2) is 12.0. The lowest BCUT2D eigenvalue weighted by Crippen LogP contribution is -2.38. The summed E-state index contributed by atoms with van der Waals surface area (Å²) in [6.07, 6.45) is 0.865. The van der Waals surface area contributed by atoms with Crippen molar-refractivity contribution < 1.29 is 14.6 Å². The molecule has 0 bridgehead atoms. The Morgan fingerprint density at radius 2 is 1.56 bits per heavy atom. The van der Waals surface area contributed by atoms with E-state index < -0.39 is 0 Å². The van der Waals surface area contributed by atoms with Crippen LogP contribution in [0.1, 0.15) is 72.6 Å². The average Bonchev–Trinajstić information content (AvgIpc) is 2.82. The first-order valence-corrected chi connectivity index (χ1v) is 12.1. The zero-order valence-corrected chi connectivity index (χ0v) is 21.0. The highest BCUT2D eigenvalue weighted by atomic mass is 16.5.